The average Bonchev–Trinajstić information content (AvgIpc) is 2.45. The fourth-order valence-electron chi connectivity index (χ4n) is 2.49. The highest BCUT2D eigenvalue weighted by atomic mass is 16.5. The Balaban J connectivity index is 2.66. The zero-order valence-corrected chi connectivity index (χ0v) is 10.6. The van der Waals surface area contributed by atoms with Gasteiger partial charge in [0.1, 0.15) is 0 Å². The van der Waals surface area contributed by atoms with Crippen molar-refractivity contribution in [3.63, 3.8) is 0 Å². The molecule has 0 N–H and O–H groups in total. The van der Waals surface area contributed by atoms with E-state index in [0.29, 0.717) is 18.1 Å². The van der Waals surface area contributed by atoms with Crippen molar-refractivity contribution >= 4 is 0 Å². The van der Waals surface area contributed by atoms with Crippen LogP contribution in [0.3, 0.4) is 0 Å². The molecule has 0 saturated carbocycles. The summed E-state index contributed by atoms with van der Waals surface area (Å²) in [4.78, 5) is 0. The lowest BCUT2D eigenvalue weighted by atomic mass is 9.79. The molecule has 1 aliphatic heterocycles. The summed E-state index contributed by atoms with van der Waals surface area (Å²) in [6, 6.07) is 0. The topological polar surface area (TPSA) is 9.23 Å². The average molecular weight is 198 g/mol. The third kappa shape index (κ3) is 2.50. The molecule has 0 radical (unpaired) electrons. The number of hydrogen-bond donors (Lipinski definition) is 0. The Morgan fingerprint density at radius 1 is 1.07 bits per heavy atom. The monoisotopic (exact) mass is 198 g/mol. The molecular weight excluding hydrogens is 172 g/mol. The Morgan fingerprint density at radius 3 is 2.07 bits per heavy atom. The summed E-state index contributed by atoms with van der Waals surface area (Å²) in [5.74, 6) is 2.94. The Hall–Kier alpha value is -0.0400. The van der Waals surface area contributed by atoms with Crippen molar-refractivity contribution in [3.05, 3.63) is 0 Å². The fraction of sp³-hybridized carbons (Fsp3) is 1.00. The van der Waals surface area contributed by atoms with Crippen LogP contribution in [0.1, 0.15) is 48.0 Å². The highest BCUT2D eigenvalue weighted by molar-refractivity contribution is 4.86. The molecule has 14 heavy (non-hydrogen) atoms. The second kappa shape index (κ2) is 4.65. The Morgan fingerprint density at radius 2 is 1.64 bits per heavy atom. The smallest absolute Gasteiger partial charge is 0.0638 e. The first-order valence-corrected chi connectivity index (χ1v) is 6.09. The van der Waals surface area contributed by atoms with Crippen LogP contribution in [-0.2, 0) is 4.74 Å². The second-order valence-corrected chi connectivity index (χ2v) is 5.66. The van der Waals surface area contributed by atoms with Crippen molar-refractivity contribution in [1.29, 1.82) is 0 Å². The van der Waals surface area contributed by atoms with Gasteiger partial charge in [0.05, 0.1) is 12.2 Å². The quantitative estimate of drug-likeness (QED) is 0.671. The fourth-order valence-corrected chi connectivity index (χ4v) is 2.49. The van der Waals surface area contributed by atoms with Crippen LogP contribution in [0.15, 0.2) is 0 Å². The zero-order chi connectivity index (χ0) is 10.9. The number of ether oxygens (including phenoxy) is 1. The van der Waals surface area contributed by atoms with Crippen molar-refractivity contribution in [2.75, 3.05) is 0 Å². The van der Waals surface area contributed by atoms with Crippen LogP contribution in [0.5, 0.6) is 0 Å². The zero-order valence-electron chi connectivity index (χ0n) is 10.6. The minimum Gasteiger partial charge on any atom is -0.375 e. The van der Waals surface area contributed by atoms with Crippen LogP contribution in [0.4, 0.5) is 0 Å². The first kappa shape index (κ1) is 12.0. The van der Waals surface area contributed by atoms with Gasteiger partial charge in [-0.3, -0.25) is 0 Å². The highest BCUT2D eigenvalue weighted by Crippen LogP contribution is 2.38. The van der Waals surface area contributed by atoms with E-state index in [1.165, 1.54) is 6.42 Å². The van der Waals surface area contributed by atoms with E-state index < -0.39 is 0 Å². The molecule has 0 aliphatic carbocycles. The summed E-state index contributed by atoms with van der Waals surface area (Å²) in [7, 11) is 0. The molecular formula is C13H26O. The van der Waals surface area contributed by atoms with Gasteiger partial charge in [0, 0.05) is 0 Å². The van der Waals surface area contributed by atoms with Gasteiger partial charge in [-0.1, -0.05) is 34.6 Å². The molecule has 1 nitrogen and oxygen atoms in total. The van der Waals surface area contributed by atoms with Crippen molar-refractivity contribution in [2.24, 2.45) is 23.7 Å². The molecule has 0 aromatic heterocycles. The molecule has 1 rings (SSSR count). The van der Waals surface area contributed by atoms with E-state index in [-0.39, 0.29) is 0 Å². The maximum atomic E-state index is 6.06. The summed E-state index contributed by atoms with van der Waals surface area (Å²) >= 11 is 0. The van der Waals surface area contributed by atoms with E-state index in [9.17, 15) is 0 Å². The molecule has 84 valence electrons. The lowest BCUT2D eigenvalue weighted by Gasteiger charge is -2.29. The van der Waals surface area contributed by atoms with E-state index >= 15 is 0 Å². The van der Waals surface area contributed by atoms with Gasteiger partial charge in [0.15, 0.2) is 0 Å². The second-order valence-electron chi connectivity index (χ2n) is 5.66. The van der Waals surface area contributed by atoms with Crippen LogP contribution < -0.4 is 0 Å². The summed E-state index contributed by atoms with van der Waals surface area (Å²) in [6.45, 7) is 13.8. The molecule has 0 bridgehead atoms. The predicted octanol–water partition coefficient (Wildman–Crippen LogP) is 3.73. The largest absolute Gasteiger partial charge is 0.375 e. The van der Waals surface area contributed by atoms with Gasteiger partial charge in [-0.25, -0.2) is 0 Å². The Kier molecular flexibility index (Phi) is 4.00. The molecule has 0 aromatic rings. The van der Waals surface area contributed by atoms with Crippen molar-refractivity contribution in [1.82, 2.24) is 0 Å². The molecule has 2 unspecified atom stereocenters. The molecule has 1 saturated heterocycles. The number of rotatable bonds is 3. The predicted molar refractivity (Wildman–Crippen MR) is 61.3 cm³/mol. The van der Waals surface area contributed by atoms with Gasteiger partial charge in [-0.05, 0) is 37.0 Å². The molecule has 0 amide bonds. The maximum absolute atomic E-state index is 6.06. The van der Waals surface area contributed by atoms with Crippen molar-refractivity contribution < 1.29 is 4.74 Å². The molecule has 1 heteroatoms. The number of hydrogen-bond acceptors (Lipinski definition) is 1. The minimum absolute atomic E-state index is 0.466. The van der Waals surface area contributed by atoms with Crippen LogP contribution in [0.25, 0.3) is 0 Å². The van der Waals surface area contributed by atoms with Crippen LogP contribution >= 0.6 is 0 Å². The first-order chi connectivity index (χ1) is 6.43. The molecule has 0 aromatic carbocycles. The van der Waals surface area contributed by atoms with Crippen LogP contribution in [0, 0.1) is 23.7 Å². The Bertz CT molecular complexity index is 174. The Labute approximate surface area is 89.2 Å². The van der Waals surface area contributed by atoms with Gasteiger partial charge in [-0.2, -0.15) is 0 Å². The van der Waals surface area contributed by atoms with Gasteiger partial charge in [0.2, 0.25) is 0 Å². The van der Waals surface area contributed by atoms with Gasteiger partial charge < -0.3 is 4.74 Å². The lowest BCUT2D eigenvalue weighted by Crippen LogP contribution is -2.30. The van der Waals surface area contributed by atoms with E-state index in [1.54, 1.807) is 0 Å². The van der Waals surface area contributed by atoms with Crippen molar-refractivity contribution in [3.8, 4) is 0 Å². The van der Waals surface area contributed by atoms with Crippen LogP contribution in [-0.4, -0.2) is 12.2 Å². The van der Waals surface area contributed by atoms with Gasteiger partial charge in [-0.15, -0.1) is 0 Å². The standard InChI is InChI=1S/C13H26O/c1-8(2)11(6)13-12(9(3)4)7-10(5)14-13/h8-13H,7H2,1-6H3/t10-,11?,12?,13+/m0/s1. The van der Waals surface area contributed by atoms with E-state index in [1.807, 2.05) is 0 Å². The summed E-state index contributed by atoms with van der Waals surface area (Å²) < 4.78 is 6.06. The molecule has 1 aliphatic rings. The summed E-state index contributed by atoms with van der Waals surface area (Å²) in [5, 5.41) is 0. The molecule has 1 fully saturated rings. The minimum atomic E-state index is 0.466. The third-order valence-electron chi connectivity index (χ3n) is 3.84. The first-order valence-electron chi connectivity index (χ1n) is 6.09. The molecule has 1 heterocycles. The summed E-state index contributed by atoms with van der Waals surface area (Å²) in [5.41, 5.74) is 0. The highest BCUT2D eigenvalue weighted by Gasteiger charge is 2.38. The normalized spacial score (nSPS) is 35.6. The van der Waals surface area contributed by atoms with E-state index in [2.05, 4.69) is 41.5 Å². The van der Waals surface area contributed by atoms with E-state index in [4.69, 9.17) is 4.74 Å². The maximum Gasteiger partial charge on any atom is 0.0638 e. The van der Waals surface area contributed by atoms with E-state index in [0.717, 1.165) is 17.8 Å². The lowest BCUT2D eigenvalue weighted by molar-refractivity contribution is -0.00942. The van der Waals surface area contributed by atoms with Crippen molar-refractivity contribution in [2.45, 2.75) is 60.2 Å². The third-order valence-corrected chi connectivity index (χ3v) is 3.84. The molecule has 4 atom stereocenters. The summed E-state index contributed by atoms with van der Waals surface area (Å²) in [6.07, 6.45) is 2.21. The van der Waals surface area contributed by atoms with Gasteiger partial charge >= 0.3 is 0 Å². The SMILES string of the molecule is CC(C)C(C)[C@H]1O[C@@H](C)CC1C(C)C. The molecule has 0 spiro atoms. The van der Waals surface area contributed by atoms with Gasteiger partial charge in [0.25, 0.3) is 0 Å². The van der Waals surface area contributed by atoms with Crippen LogP contribution in [0.2, 0.25) is 0 Å².